The van der Waals surface area contributed by atoms with E-state index in [2.05, 4.69) is 15.4 Å². The first-order chi connectivity index (χ1) is 13.1. The number of aromatic nitrogens is 3. The van der Waals surface area contributed by atoms with Gasteiger partial charge in [0.1, 0.15) is 5.69 Å². The quantitative estimate of drug-likeness (QED) is 0.656. The zero-order valence-electron chi connectivity index (χ0n) is 13.7. The summed E-state index contributed by atoms with van der Waals surface area (Å²) in [5, 5.41) is 5.55. The van der Waals surface area contributed by atoms with E-state index in [1.165, 1.54) is 36.7 Å². The average Bonchev–Trinajstić information content (AvgIpc) is 3.09. The molecule has 1 N–H and O–H groups in total. The summed E-state index contributed by atoms with van der Waals surface area (Å²) < 4.78 is 77.7. The van der Waals surface area contributed by atoms with E-state index in [1.54, 1.807) is 0 Å². The molecule has 2 aromatic heterocycles. The molecule has 0 aliphatic rings. The molecule has 0 radical (unpaired) electrons. The molecule has 0 aliphatic carbocycles. The molecule has 3 rings (SSSR count). The zero-order valence-corrected chi connectivity index (χ0v) is 13.7. The van der Waals surface area contributed by atoms with Crippen LogP contribution in [0.4, 0.5) is 32.0 Å². The van der Waals surface area contributed by atoms with Gasteiger partial charge in [0, 0.05) is 29.7 Å². The van der Waals surface area contributed by atoms with Gasteiger partial charge in [-0.2, -0.15) is 31.4 Å². The Balaban J connectivity index is 1.89. The Morgan fingerprint density at radius 1 is 0.893 bits per heavy atom. The van der Waals surface area contributed by atoms with Gasteiger partial charge in [0.15, 0.2) is 5.69 Å². The molecule has 2 heterocycles. The van der Waals surface area contributed by atoms with Gasteiger partial charge in [0.2, 0.25) is 0 Å². The maximum Gasteiger partial charge on any atom is 0.435 e. The van der Waals surface area contributed by atoms with Gasteiger partial charge in [0.25, 0.3) is 5.91 Å². The summed E-state index contributed by atoms with van der Waals surface area (Å²) >= 11 is 0. The summed E-state index contributed by atoms with van der Waals surface area (Å²) in [6.45, 7) is 0. The fraction of sp³-hybridized carbons (Fsp3) is 0.118. The number of benzene rings is 1. The number of halogens is 6. The summed E-state index contributed by atoms with van der Waals surface area (Å²) in [6, 6.07) is 7.60. The van der Waals surface area contributed by atoms with E-state index in [9.17, 15) is 31.1 Å². The number of carbonyl (C=O) groups is 1. The van der Waals surface area contributed by atoms with Gasteiger partial charge < -0.3 is 5.32 Å². The van der Waals surface area contributed by atoms with Crippen LogP contribution in [0.5, 0.6) is 0 Å². The average molecular weight is 400 g/mol. The van der Waals surface area contributed by atoms with Crippen molar-refractivity contribution in [2.45, 2.75) is 12.4 Å². The minimum atomic E-state index is -5.04. The van der Waals surface area contributed by atoms with Crippen LogP contribution in [0.1, 0.15) is 21.7 Å². The van der Waals surface area contributed by atoms with Crippen LogP contribution in [0.3, 0.4) is 0 Å². The van der Waals surface area contributed by atoms with Gasteiger partial charge in [-0.05, 0) is 36.4 Å². The Morgan fingerprint density at radius 3 is 2.04 bits per heavy atom. The second-order valence-corrected chi connectivity index (χ2v) is 5.56. The van der Waals surface area contributed by atoms with Crippen molar-refractivity contribution in [3.05, 3.63) is 71.8 Å². The fourth-order valence-electron chi connectivity index (χ4n) is 2.31. The maximum atomic E-state index is 13.1. The highest BCUT2D eigenvalue weighted by Gasteiger charge is 2.42. The Kier molecular flexibility index (Phi) is 4.84. The molecular weight excluding hydrogens is 390 g/mol. The van der Waals surface area contributed by atoms with E-state index in [4.69, 9.17) is 0 Å². The zero-order chi connectivity index (χ0) is 20.5. The molecule has 146 valence electrons. The second-order valence-electron chi connectivity index (χ2n) is 5.56. The standard InChI is InChI=1S/C17H10F6N4O/c18-16(19,20)13-9-14(17(21,22)23)27(26-13)12-3-1-11(2-4-12)25-15(28)10-5-7-24-8-6-10/h1-9H,(H,25,28). The van der Waals surface area contributed by atoms with Crippen LogP contribution in [0.2, 0.25) is 0 Å². The van der Waals surface area contributed by atoms with Crippen LogP contribution < -0.4 is 5.32 Å². The highest BCUT2D eigenvalue weighted by atomic mass is 19.4. The number of carbonyl (C=O) groups excluding carboxylic acids is 1. The van der Waals surface area contributed by atoms with E-state index >= 15 is 0 Å². The van der Waals surface area contributed by atoms with E-state index in [-0.39, 0.29) is 22.1 Å². The third-order valence-corrected chi connectivity index (χ3v) is 3.60. The van der Waals surface area contributed by atoms with E-state index in [1.807, 2.05) is 0 Å². The number of pyridine rings is 1. The minimum Gasteiger partial charge on any atom is -0.322 e. The van der Waals surface area contributed by atoms with Crippen molar-refractivity contribution in [1.82, 2.24) is 14.8 Å². The van der Waals surface area contributed by atoms with Crippen molar-refractivity contribution >= 4 is 11.6 Å². The van der Waals surface area contributed by atoms with Gasteiger partial charge in [-0.15, -0.1) is 0 Å². The van der Waals surface area contributed by atoms with Gasteiger partial charge in [-0.25, -0.2) is 4.68 Å². The molecule has 5 nitrogen and oxygen atoms in total. The summed E-state index contributed by atoms with van der Waals surface area (Å²) in [4.78, 5) is 15.8. The number of rotatable bonds is 3. The van der Waals surface area contributed by atoms with Crippen LogP contribution >= 0.6 is 0 Å². The van der Waals surface area contributed by atoms with Crippen molar-refractivity contribution in [2.24, 2.45) is 0 Å². The first kappa shape index (κ1) is 19.4. The highest BCUT2D eigenvalue weighted by Crippen LogP contribution is 2.36. The number of amides is 1. The highest BCUT2D eigenvalue weighted by molar-refractivity contribution is 6.04. The van der Waals surface area contributed by atoms with Crippen LogP contribution in [0.25, 0.3) is 5.69 Å². The van der Waals surface area contributed by atoms with E-state index in [0.717, 1.165) is 12.1 Å². The van der Waals surface area contributed by atoms with E-state index < -0.39 is 29.6 Å². The summed E-state index contributed by atoms with van der Waals surface area (Å²) in [5.41, 5.74) is -2.92. The van der Waals surface area contributed by atoms with Crippen molar-refractivity contribution in [1.29, 1.82) is 0 Å². The van der Waals surface area contributed by atoms with E-state index in [0.29, 0.717) is 5.56 Å². The Bertz CT molecular complexity index is 978. The molecule has 0 saturated heterocycles. The molecule has 0 bridgehead atoms. The summed E-state index contributed by atoms with van der Waals surface area (Å²) in [7, 11) is 0. The minimum absolute atomic E-state index is 0.0564. The van der Waals surface area contributed by atoms with Crippen LogP contribution in [-0.4, -0.2) is 20.7 Å². The number of nitrogens with zero attached hydrogens (tertiary/aromatic N) is 3. The largest absolute Gasteiger partial charge is 0.435 e. The van der Waals surface area contributed by atoms with Crippen LogP contribution in [0, 0.1) is 0 Å². The molecule has 0 aliphatic heterocycles. The lowest BCUT2D eigenvalue weighted by atomic mass is 10.2. The second kappa shape index (κ2) is 6.98. The van der Waals surface area contributed by atoms with Crippen molar-refractivity contribution in [2.75, 3.05) is 5.32 Å². The topological polar surface area (TPSA) is 59.8 Å². The van der Waals surface area contributed by atoms with Crippen molar-refractivity contribution in [3.8, 4) is 5.69 Å². The molecule has 1 amide bonds. The predicted octanol–water partition coefficient (Wildman–Crippen LogP) is 4.56. The molecule has 11 heteroatoms. The first-order valence-corrected chi connectivity index (χ1v) is 7.62. The number of hydrogen-bond donors (Lipinski definition) is 1. The Hall–Kier alpha value is -3.37. The number of hydrogen-bond acceptors (Lipinski definition) is 3. The van der Waals surface area contributed by atoms with Gasteiger partial charge in [-0.3, -0.25) is 9.78 Å². The SMILES string of the molecule is O=C(Nc1ccc(-n2nc(C(F)(F)F)cc2C(F)(F)F)cc1)c1ccncc1. The molecule has 0 spiro atoms. The van der Waals surface area contributed by atoms with Crippen molar-refractivity contribution in [3.63, 3.8) is 0 Å². The van der Waals surface area contributed by atoms with Gasteiger partial charge in [-0.1, -0.05) is 0 Å². The van der Waals surface area contributed by atoms with Crippen LogP contribution in [-0.2, 0) is 12.4 Å². The smallest absolute Gasteiger partial charge is 0.322 e. The molecule has 0 atom stereocenters. The lowest BCUT2D eigenvalue weighted by molar-refractivity contribution is -0.143. The predicted molar refractivity (Wildman–Crippen MR) is 85.8 cm³/mol. The monoisotopic (exact) mass is 400 g/mol. The molecule has 1 aromatic carbocycles. The molecule has 0 saturated carbocycles. The summed E-state index contributed by atoms with van der Waals surface area (Å²) in [6.07, 6.45) is -7.24. The third-order valence-electron chi connectivity index (χ3n) is 3.60. The summed E-state index contributed by atoms with van der Waals surface area (Å²) in [5.74, 6) is -0.482. The third kappa shape index (κ3) is 4.13. The molecule has 0 fully saturated rings. The first-order valence-electron chi connectivity index (χ1n) is 7.62. The molecule has 28 heavy (non-hydrogen) atoms. The maximum absolute atomic E-state index is 13.1. The number of anilines is 1. The molecular formula is C17H10F6N4O. The number of alkyl halides is 6. The Labute approximate surface area is 153 Å². The van der Waals surface area contributed by atoms with Gasteiger partial charge >= 0.3 is 12.4 Å². The fourth-order valence-corrected chi connectivity index (χ4v) is 2.31. The lowest BCUT2D eigenvalue weighted by Crippen LogP contribution is -2.14. The molecule has 0 unspecified atom stereocenters. The van der Waals surface area contributed by atoms with Crippen LogP contribution in [0.15, 0.2) is 54.9 Å². The Morgan fingerprint density at radius 2 is 1.50 bits per heavy atom. The number of nitrogens with one attached hydrogen (secondary N) is 1. The normalized spacial score (nSPS) is 12.1. The van der Waals surface area contributed by atoms with Crippen molar-refractivity contribution < 1.29 is 31.1 Å². The van der Waals surface area contributed by atoms with Gasteiger partial charge in [0.05, 0.1) is 5.69 Å². The molecule has 3 aromatic rings. The lowest BCUT2D eigenvalue weighted by Gasteiger charge is -2.11.